The molecule has 0 radical (unpaired) electrons. The number of hydrogen-bond acceptors (Lipinski definition) is 5. The molecule has 0 aliphatic carbocycles. The van der Waals surface area contributed by atoms with Gasteiger partial charge in [0.1, 0.15) is 11.6 Å². The SMILES string of the molecule is Cc1cccc(-c2cnc([C@@H]3CCCN3c3cc(C)nc(-c4cccnc4)n3)[nH]2)c1. The van der Waals surface area contributed by atoms with Crippen LogP contribution in [0.25, 0.3) is 22.6 Å². The number of nitrogens with zero attached hydrogens (tertiary/aromatic N) is 5. The number of aromatic amines is 1. The Morgan fingerprint density at radius 1 is 1.00 bits per heavy atom. The Balaban J connectivity index is 1.47. The molecule has 1 fully saturated rings. The zero-order chi connectivity index (χ0) is 20.5. The van der Waals surface area contributed by atoms with Gasteiger partial charge >= 0.3 is 0 Å². The molecule has 0 amide bonds. The number of aryl methyl sites for hydroxylation is 2. The number of anilines is 1. The second-order valence-electron chi connectivity index (χ2n) is 7.84. The highest BCUT2D eigenvalue weighted by molar-refractivity contribution is 5.60. The van der Waals surface area contributed by atoms with E-state index in [0.717, 1.165) is 53.5 Å². The zero-order valence-electron chi connectivity index (χ0n) is 17.2. The number of aromatic nitrogens is 5. The number of pyridine rings is 1. The van der Waals surface area contributed by atoms with E-state index in [4.69, 9.17) is 9.97 Å². The first-order chi connectivity index (χ1) is 14.7. The predicted octanol–water partition coefficient (Wildman–Crippen LogP) is 4.89. The van der Waals surface area contributed by atoms with Crippen LogP contribution in [0.4, 0.5) is 5.82 Å². The van der Waals surface area contributed by atoms with Gasteiger partial charge in [0.05, 0.1) is 17.9 Å². The highest BCUT2D eigenvalue weighted by Gasteiger charge is 2.30. The molecule has 5 rings (SSSR count). The van der Waals surface area contributed by atoms with Gasteiger partial charge < -0.3 is 9.88 Å². The second-order valence-corrected chi connectivity index (χ2v) is 7.84. The monoisotopic (exact) mass is 396 g/mol. The van der Waals surface area contributed by atoms with E-state index in [1.54, 1.807) is 12.4 Å². The molecule has 0 bridgehead atoms. The van der Waals surface area contributed by atoms with Crippen molar-refractivity contribution in [1.29, 1.82) is 0 Å². The molecule has 4 heterocycles. The Bertz CT molecular complexity index is 1170. The van der Waals surface area contributed by atoms with E-state index in [1.807, 2.05) is 25.3 Å². The van der Waals surface area contributed by atoms with Crippen molar-refractivity contribution < 1.29 is 0 Å². The minimum atomic E-state index is 0.180. The third-order valence-corrected chi connectivity index (χ3v) is 5.55. The largest absolute Gasteiger partial charge is 0.346 e. The lowest BCUT2D eigenvalue weighted by Crippen LogP contribution is -2.25. The Morgan fingerprint density at radius 3 is 2.73 bits per heavy atom. The fourth-order valence-corrected chi connectivity index (χ4v) is 4.11. The van der Waals surface area contributed by atoms with Gasteiger partial charge in [-0.05, 0) is 50.5 Å². The minimum absolute atomic E-state index is 0.180. The highest BCUT2D eigenvalue weighted by atomic mass is 15.3. The summed E-state index contributed by atoms with van der Waals surface area (Å²) in [7, 11) is 0. The summed E-state index contributed by atoms with van der Waals surface area (Å²) in [6.45, 7) is 5.07. The first kappa shape index (κ1) is 18.5. The van der Waals surface area contributed by atoms with Crippen LogP contribution in [-0.2, 0) is 0 Å². The van der Waals surface area contributed by atoms with Gasteiger partial charge in [0.25, 0.3) is 0 Å². The second kappa shape index (κ2) is 7.71. The standard InChI is InChI=1S/C24H24N6/c1-16-6-3-7-18(12-16)20-15-26-24(28-20)21-9-5-11-30(21)22-13-17(2)27-23(29-22)19-8-4-10-25-14-19/h3-4,6-8,10,12-15,21H,5,9,11H2,1-2H3,(H,26,28)/t21-/m0/s1. The minimum Gasteiger partial charge on any atom is -0.346 e. The van der Waals surface area contributed by atoms with E-state index < -0.39 is 0 Å². The van der Waals surface area contributed by atoms with Gasteiger partial charge in [0, 0.05) is 36.3 Å². The average Bonchev–Trinajstić information content (AvgIpc) is 3.43. The van der Waals surface area contributed by atoms with Crippen molar-refractivity contribution in [2.75, 3.05) is 11.4 Å². The van der Waals surface area contributed by atoms with Crippen LogP contribution in [0.2, 0.25) is 0 Å². The molecule has 6 nitrogen and oxygen atoms in total. The van der Waals surface area contributed by atoms with Crippen molar-refractivity contribution in [3.05, 3.63) is 78.1 Å². The summed E-state index contributed by atoms with van der Waals surface area (Å²) in [5.74, 6) is 2.64. The van der Waals surface area contributed by atoms with E-state index in [9.17, 15) is 0 Å². The molecule has 1 aliphatic heterocycles. The number of imidazole rings is 1. The van der Waals surface area contributed by atoms with Crippen LogP contribution in [0.3, 0.4) is 0 Å². The molecule has 30 heavy (non-hydrogen) atoms. The number of benzene rings is 1. The molecule has 1 aliphatic rings. The number of H-pyrrole nitrogens is 1. The van der Waals surface area contributed by atoms with Gasteiger partial charge in [0.2, 0.25) is 0 Å². The maximum atomic E-state index is 4.87. The van der Waals surface area contributed by atoms with E-state index in [2.05, 4.69) is 57.1 Å². The lowest BCUT2D eigenvalue weighted by molar-refractivity contribution is 0.669. The Labute approximate surface area is 176 Å². The first-order valence-corrected chi connectivity index (χ1v) is 10.3. The van der Waals surface area contributed by atoms with E-state index in [-0.39, 0.29) is 6.04 Å². The Morgan fingerprint density at radius 2 is 1.90 bits per heavy atom. The lowest BCUT2D eigenvalue weighted by atomic mass is 10.1. The molecular weight excluding hydrogens is 372 g/mol. The van der Waals surface area contributed by atoms with Crippen molar-refractivity contribution in [2.45, 2.75) is 32.7 Å². The van der Waals surface area contributed by atoms with Gasteiger partial charge in [-0.1, -0.05) is 23.8 Å². The molecule has 1 aromatic carbocycles. The molecule has 4 aromatic rings. The molecule has 0 saturated carbocycles. The molecule has 1 saturated heterocycles. The van der Waals surface area contributed by atoms with Crippen molar-refractivity contribution in [3.8, 4) is 22.6 Å². The first-order valence-electron chi connectivity index (χ1n) is 10.3. The summed E-state index contributed by atoms with van der Waals surface area (Å²) in [6.07, 6.45) is 7.66. The fraction of sp³-hybridized carbons (Fsp3) is 0.250. The number of rotatable bonds is 4. The molecule has 1 N–H and O–H groups in total. The maximum Gasteiger partial charge on any atom is 0.163 e. The summed E-state index contributed by atoms with van der Waals surface area (Å²) < 4.78 is 0. The topological polar surface area (TPSA) is 70.6 Å². The van der Waals surface area contributed by atoms with Crippen molar-refractivity contribution in [3.63, 3.8) is 0 Å². The average molecular weight is 396 g/mol. The van der Waals surface area contributed by atoms with Crippen LogP contribution in [-0.4, -0.2) is 31.5 Å². The van der Waals surface area contributed by atoms with Crippen LogP contribution in [0.1, 0.15) is 36.0 Å². The zero-order valence-corrected chi connectivity index (χ0v) is 17.2. The molecule has 1 atom stereocenters. The van der Waals surface area contributed by atoms with Gasteiger partial charge in [-0.15, -0.1) is 0 Å². The summed E-state index contributed by atoms with van der Waals surface area (Å²) in [5, 5.41) is 0. The van der Waals surface area contributed by atoms with Crippen LogP contribution in [0, 0.1) is 13.8 Å². The summed E-state index contributed by atoms with van der Waals surface area (Å²) in [6, 6.07) is 14.6. The predicted molar refractivity (Wildman–Crippen MR) is 118 cm³/mol. The Hall–Kier alpha value is -3.54. The van der Waals surface area contributed by atoms with Crippen LogP contribution in [0.5, 0.6) is 0 Å². The third kappa shape index (κ3) is 3.56. The normalized spacial score (nSPS) is 16.2. The molecule has 150 valence electrons. The summed E-state index contributed by atoms with van der Waals surface area (Å²) in [5.41, 5.74) is 5.33. The number of nitrogens with one attached hydrogen (secondary N) is 1. The number of hydrogen-bond donors (Lipinski definition) is 1. The van der Waals surface area contributed by atoms with Crippen LogP contribution in [0.15, 0.2) is 61.1 Å². The molecular formula is C24H24N6. The smallest absolute Gasteiger partial charge is 0.163 e. The quantitative estimate of drug-likeness (QED) is 0.532. The van der Waals surface area contributed by atoms with Gasteiger partial charge in [-0.2, -0.15) is 0 Å². The highest BCUT2D eigenvalue weighted by Crippen LogP contribution is 2.35. The van der Waals surface area contributed by atoms with Crippen molar-refractivity contribution in [1.82, 2.24) is 24.9 Å². The van der Waals surface area contributed by atoms with Gasteiger partial charge in [0.15, 0.2) is 5.82 Å². The van der Waals surface area contributed by atoms with Crippen molar-refractivity contribution in [2.24, 2.45) is 0 Å². The molecule has 6 heteroatoms. The maximum absolute atomic E-state index is 4.87. The summed E-state index contributed by atoms with van der Waals surface area (Å²) in [4.78, 5) is 24.3. The van der Waals surface area contributed by atoms with Crippen LogP contribution < -0.4 is 4.90 Å². The molecule has 3 aromatic heterocycles. The molecule has 0 spiro atoms. The fourth-order valence-electron chi connectivity index (χ4n) is 4.11. The van der Waals surface area contributed by atoms with E-state index >= 15 is 0 Å². The molecule has 0 unspecified atom stereocenters. The lowest BCUT2D eigenvalue weighted by Gasteiger charge is -2.25. The summed E-state index contributed by atoms with van der Waals surface area (Å²) >= 11 is 0. The van der Waals surface area contributed by atoms with Crippen LogP contribution >= 0.6 is 0 Å². The third-order valence-electron chi connectivity index (χ3n) is 5.55. The van der Waals surface area contributed by atoms with Gasteiger partial charge in [-0.3, -0.25) is 4.98 Å². The van der Waals surface area contributed by atoms with E-state index in [1.165, 1.54) is 5.56 Å². The van der Waals surface area contributed by atoms with Crippen molar-refractivity contribution >= 4 is 5.82 Å². The van der Waals surface area contributed by atoms with Gasteiger partial charge in [-0.25, -0.2) is 15.0 Å². The van der Waals surface area contributed by atoms with E-state index in [0.29, 0.717) is 5.82 Å². The Kier molecular flexibility index (Phi) is 4.75.